The molecule has 0 radical (unpaired) electrons. The van der Waals surface area contributed by atoms with Crippen molar-refractivity contribution in [2.24, 2.45) is 0 Å². The maximum Gasteiger partial charge on any atom is 0.362 e. The van der Waals surface area contributed by atoms with Gasteiger partial charge in [0.2, 0.25) is 0 Å². The number of likely N-dealkylation sites (N-methyl/N-ethyl adjacent to an activating group) is 1. The summed E-state index contributed by atoms with van der Waals surface area (Å²) in [6.07, 6.45) is 67.2. The fraction of sp³-hybridized carbons (Fsp3) is 0.644. The number of unbranched alkanes of at least 4 members (excludes halogenated alkanes) is 15. The Kier molecular flexibility index (Phi) is 45.5. The van der Waals surface area contributed by atoms with Crippen molar-refractivity contribution in [1.29, 1.82) is 0 Å². The van der Waals surface area contributed by atoms with Crippen LogP contribution in [0.2, 0.25) is 0 Å². The zero-order chi connectivity index (χ0) is 49.2. The maximum atomic E-state index is 12.8. The predicted octanol–water partition coefficient (Wildman–Crippen LogP) is 15.6. The fourth-order valence-electron chi connectivity index (χ4n) is 7.13. The lowest BCUT2D eigenvalue weighted by atomic mass is 10.1. The van der Waals surface area contributed by atoms with Gasteiger partial charge in [-0.1, -0.05) is 194 Å². The molecule has 0 aliphatic heterocycles. The standard InChI is InChI=1S/C59H97NO7/c1-6-8-10-12-14-16-18-20-22-24-26-28-29-30-32-33-35-37-39-41-43-45-47-49-57(61)66-54-55(53-65-52-51-56(59(63)64)60(3,4)5)67-58(62)50-48-46-44-42-40-38-36-34-31-27-25-23-21-19-17-15-13-11-9-7-2/h8,10,14,16-17,19-23,26,28,30,32,35,37,41,43,55-56H,6-7,9,11-13,15,18,24-25,27,29,31,33-34,36,38-40,42,44-54H2,1-5H3/p+1/b10-8+,16-14+,19-17+,22-20+,23-21+,28-26+,32-30+,37-35+,43-41+. The first kappa shape index (κ1) is 63.0. The molecule has 380 valence electrons. The van der Waals surface area contributed by atoms with Crippen molar-refractivity contribution in [2.45, 2.75) is 206 Å². The van der Waals surface area contributed by atoms with Crippen LogP contribution in [0.15, 0.2) is 109 Å². The average Bonchev–Trinajstić information content (AvgIpc) is 3.29. The third-order valence-electron chi connectivity index (χ3n) is 11.2. The number of allylic oxidation sites excluding steroid dienone is 18. The quantitative estimate of drug-likeness (QED) is 0.0213. The van der Waals surface area contributed by atoms with Crippen LogP contribution in [0, 0.1) is 0 Å². The molecule has 0 aliphatic rings. The summed E-state index contributed by atoms with van der Waals surface area (Å²) in [5.41, 5.74) is 0. The van der Waals surface area contributed by atoms with E-state index in [-0.39, 0.29) is 42.7 Å². The molecule has 0 bridgehead atoms. The number of carboxylic acid groups (broad SMARTS) is 1. The average molecular weight is 933 g/mol. The molecule has 0 aromatic heterocycles. The van der Waals surface area contributed by atoms with Crippen molar-refractivity contribution in [3.63, 3.8) is 0 Å². The molecule has 1 N–H and O–H groups in total. The van der Waals surface area contributed by atoms with E-state index in [9.17, 15) is 19.5 Å². The molecular formula is C59H98NO7+. The van der Waals surface area contributed by atoms with Crippen LogP contribution >= 0.6 is 0 Å². The molecular weight excluding hydrogens is 835 g/mol. The van der Waals surface area contributed by atoms with E-state index in [1.165, 1.54) is 77.0 Å². The minimum absolute atomic E-state index is 0.0349. The number of carboxylic acids is 1. The molecule has 0 saturated carbocycles. The minimum Gasteiger partial charge on any atom is -0.477 e. The molecule has 0 rings (SSSR count). The highest BCUT2D eigenvalue weighted by Gasteiger charge is 2.31. The van der Waals surface area contributed by atoms with Crippen LogP contribution in [-0.2, 0) is 28.6 Å². The first-order valence-electron chi connectivity index (χ1n) is 26.4. The molecule has 0 saturated heterocycles. The predicted molar refractivity (Wildman–Crippen MR) is 284 cm³/mol. The van der Waals surface area contributed by atoms with Gasteiger partial charge >= 0.3 is 17.9 Å². The summed E-state index contributed by atoms with van der Waals surface area (Å²) in [7, 11) is 5.51. The zero-order valence-electron chi connectivity index (χ0n) is 43.3. The third kappa shape index (κ3) is 46.9. The Balaban J connectivity index is 4.37. The molecule has 0 aliphatic carbocycles. The topological polar surface area (TPSA) is 99.1 Å². The second kappa shape index (κ2) is 48.4. The van der Waals surface area contributed by atoms with Gasteiger partial charge < -0.3 is 23.8 Å². The van der Waals surface area contributed by atoms with Gasteiger partial charge in [0.1, 0.15) is 6.61 Å². The summed E-state index contributed by atoms with van der Waals surface area (Å²) in [4.78, 5) is 37.2. The molecule has 8 nitrogen and oxygen atoms in total. The van der Waals surface area contributed by atoms with Crippen LogP contribution in [0.4, 0.5) is 0 Å². The van der Waals surface area contributed by atoms with Crippen molar-refractivity contribution < 1.29 is 38.2 Å². The summed E-state index contributed by atoms with van der Waals surface area (Å²) >= 11 is 0. The first-order chi connectivity index (χ1) is 32.6. The summed E-state index contributed by atoms with van der Waals surface area (Å²) in [6.45, 7) is 4.54. The van der Waals surface area contributed by atoms with Gasteiger partial charge in [-0.3, -0.25) is 9.59 Å². The van der Waals surface area contributed by atoms with E-state index in [1.807, 2.05) is 21.1 Å². The number of carbonyl (C=O) groups excluding carboxylic acids is 2. The van der Waals surface area contributed by atoms with Gasteiger partial charge in [-0.25, -0.2) is 4.79 Å². The smallest absolute Gasteiger partial charge is 0.362 e. The molecule has 0 heterocycles. The Morgan fingerprint density at radius 1 is 0.478 bits per heavy atom. The monoisotopic (exact) mass is 933 g/mol. The van der Waals surface area contributed by atoms with Crippen molar-refractivity contribution in [3.8, 4) is 0 Å². The summed E-state index contributed by atoms with van der Waals surface area (Å²) in [5, 5.41) is 9.66. The third-order valence-corrected chi connectivity index (χ3v) is 11.2. The number of quaternary nitrogens is 1. The number of hydrogen-bond acceptors (Lipinski definition) is 6. The van der Waals surface area contributed by atoms with E-state index in [0.29, 0.717) is 19.3 Å². The van der Waals surface area contributed by atoms with E-state index in [1.54, 1.807) is 0 Å². The number of ether oxygens (including phenoxy) is 3. The molecule has 8 heteroatoms. The number of esters is 2. The first-order valence-corrected chi connectivity index (χ1v) is 26.4. The Bertz CT molecular complexity index is 1460. The summed E-state index contributed by atoms with van der Waals surface area (Å²) < 4.78 is 17.3. The van der Waals surface area contributed by atoms with E-state index < -0.39 is 18.1 Å². The highest BCUT2D eigenvalue weighted by Crippen LogP contribution is 2.14. The number of hydrogen-bond donors (Lipinski definition) is 1. The van der Waals surface area contributed by atoms with E-state index >= 15 is 0 Å². The normalized spacial score (nSPS) is 13.7. The number of nitrogens with zero attached hydrogens (tertiary/aromatic N) is 1. The SMILES string of the molecule is CC/C=C/C/C=C/C/C=C/C/C=C/C/C=C/C/C=C/C/C=C/CCCC(=O)OCC(COCCC(C(=O)O)[N+](C)(C)C)OC(=O)CCCCCCCCCCCC/C=C/C=C/CCCCCC. The number of carbonyl (C=O) groups is 3. The Labute approximate surface area is 410 Å². The molecule has 0 fully saturated rings. The Morgan fingerprint density at radius 3 is 1.36 bits per heavy atom. The van der Waals surface area contributed by atoms with E-state index in [4.69, 9.17) is 14.2 Å². The minimum atomic E-state index is -0.887. The van der Waals surface area contributed by atoms with Crippen LogP contribution in [0.1, 0.15) is 194 Å². The zero-order valence-corrected chi connectivity index (χ0v) is 43.3. The van der Waals surface area contributed by atoms with Crippen molar-refractivity contribution in [2.75, 3.05) is 41.0 Å². The van der Waals surface area contributed by atoms with Gasteiger partial charge in [0.15, 0.2) is 12.1 Å². The highest BCUT2D eigenvalue weighted by molar-refractivity contribution is 5.72. The van der Waals surface area contributed by atoms with Gasteiger partial charge in [0, 0.05) is 19.3 Å². The molecule has 0 amide bonds. The van der Waals surface area contributed by atoms with Crippen molar-refractivity contribution in [1.82, 2.24) is 0 Å². The summed E-state index contributed by atoms with van der Waals surface area (Å²) in [5.74, 6) is -1.56. The number of rotatable bonds is 46. The van der Waals surface area contributed by atoms with Gasteiger partial charge in [-0.05, 0) is 89.9 Å². The highest BCUT2D eigenvalue weighted by atomic mass is 16.6. The van der Waals surface area contributed by atoms with Crippen LogP contribution in [0.3, 0.4) is 0 Å². The lowest BCUT2D eigenvalue weighted by Gasteiger charge is -2.31. The van der Waals surface area contributed by atoms with Gasteiger partial charge in [0.25, 0.3) is 0 Å². The van der Waals surface area contributed by atoms with Crippen LogP contribution in [0.25, 0.3) is 0 Å². The van der Waals surface area contributed by atoms with Crippen LogP contribution < -0.4 is 0 Å². The Hall–Kier alpha value is -4.01. The molecule has 2 unspecified atom stereocenters. The lowest BCUT2D eigenvalue weighted by Crippen LogP contribution is -2.50. The summed E-state index contributed by atoms with van der Waals surface area (Å²) in [6, 6.07) is -0.631. The van der Waals surface area contributed by atoms with Gasteiger partial charge in [-0.2, -0.15) is 0 Å². The second-order valence-corrected chi connectivity index (χ2v) is 18.4. The molecule has 0 aromatic rings. The Morgan fingerprint density at radius 2 is 0.896 bits per heavy atom. The molecule has 0 spiro atoms. The molecule has 67 heavy (non-hydrogen) atoms. The molecule has 2 atom stereocenters. The van der Waals surface area contributed by atoms with Crippen LogP contribution in [0.5, 0.6) is 0 Å². The number of aliphatic carboxylic acids is 1. The maximum absolute atomic E-state index is 12.8. The largest absolute Gasteiger partial charge is 0.477 e. The van der Waals surface area contributed by atoms with Crippen LogP contribution in [-0.4, -0.2) is 80.6 Å². The second-order valence-electron chi connectivity index (χ2n) is 18.4. The van der Waals surface area contributed by atoms with Gasteiger partial charge in [0.05, 0.1) is 34.4 Å². The lowest BCUT2D eigenvalue weighted by molar-refractivity contribution is -0.887. The van der Waals surface area contributed by atoms with Gasteiger partial charge in [-0.15, -0.1) is 0 Å². The van der Waals surface area contributed by atoms with E-state index in [2.05, 4.69) is 123 Å². The van der Waals surface area contributed by atoms with Crippen molar-refractivity contribution in [3.05, 3.63) is 109 Å². The van der Waals surface area contributed by atoms with Crippen molar-refractivity contribution >= 4 is 17.9 Å². The van der Waals surface area contributed by atoms with E-state index in [0.717, 1.165) is 77.0 Å². The molecule has 0 aromatic carbocycles. The fourth-order valence-corrected chi connectivity index (χ4v) is 7.13.